The van der Waals surface area contributed by atoms with Gasteiger partial charge in [0.25, 0.3) is 0 Å². The molecule has 0 aliphatic carbocycles. The van der Waals surface area contributed by atoms with E-state index in [9.17, 15) is 30.0 Å². The molecule has 18 nitrogen and oxygen atoms in total. The third-order valence-corrected chi connectivity index (χ3v) is 16.3. The number of amides is 1. The fourth-order valence-corrected chi connectivity index (χ4v) is 10.6. The number of esters is 1. The molecule has 1 amide bonds. The highest BCUT2D eigenvalue weighted by Gasteiger charge is 2.52. The van der Waals surface area contributed by atoms with Crippen molar-refractivity contribution in [2.24, 2.45) is 11.8 Å². The zero-order valence-corrected chi connectivity index (χ0v) is 45.1. The second kappa shape index (κ2) is 24.6. The fourth-order valence-electron chi connectivity index (χ4n) is 10.0. The number of pyridine rings is 1. The van der Waals surface area contributed by atoms with E-state index in [2.05, 4.69) is 20.5 Å². The molecule has 5 rings (SSSR count). The Morgan fingerprint density at radius 1 is 1.03 bits per heavy atom. The van der Waals surface area contributed by atoms with Crippen molar-refractivity contribution in [1.82, 2.24) is 20.1 Å². The lowest BCUT2D eigenvalue weighted by Crippen LogP contribution is -2.61. The van der Waals surface area contributed by atoms with Gasteiger partial charge in [0.05, 0.1) is 59.7 Å². The molecule has 6 N–H and O–H groups in total. The first kappa shape index (κ1) is 57.5. The number of carbonyl (C=O) groups is 2. The van der Waals surface area contributed by atoms with Crippen molar-refractivity contribution in [3.63, 3.8) is 0 Å². The van der Waals surface area contributed by atoms with Gasteiger partial charge in [-0.1, -0.05) is 25.1 Å². The van der Waals surface area contributed by atoms with Crippen LogP contribution in [0.3, 0.4) is 0 Å². The van der Waals surface area contributed by atoms with E-state index in [0.717, 1.165) is 16.6 Å². The van der Waals surface area contributed by atoms with Gasteiger partial charge in [0.2, 0.25) is 5.91 Å². The number of aliphatic hydroxyl groups excluding tert-OH is 2. The van der Waals surface area contributed by atoms with Crippen LogP contribution in [0.4, 0.5) is 5.69 Å². The van der Waals surface area contributed by atoms with Crippen LogP contribution in [-0.4, -0.2) is 189 Å². The van der Waals surface area contributed by atoms with Gasteiger partial charge in [-0.2, -0.15) is 0 Å². The monoisotopic (exact) mass is 1090 g/mol. The van der Waals surface area contributed by atoms with Crippen LogP contribution in [0.15, 0.2) is 36.5 Å². The summed E-state index contributed by atoms with van der Waals surface area (Å²) in [6.07, 6.45) is -4.73. The van der Waals surface area contributed by atoms with Crippen molar-refractivity contribution in [2.45, 2.75) is 189 Å². The Labute approximate surface area is 422 Å². The molecule has 1 unspecified atom stereocenters. The van der Waals surface area contributed by atoms with Gasteiger partial charge in [-0.15, -0.1) is 0 Å². The number of hydrogen-bond donors (Lipinski definition) is 6. The Kier molecular flexibility index (Phi) is 20.5. The summed E-state index contributed by atoms with van der Waals surface area (Å²) in [6.45, 7) is 16.7. The van der Waals surface area contributed by atoms with Gasteiger partial charge in [0.1, 0.15) is 23.9 Å². The highest BCUT2D eigenvalue weighted by Crippen LogP contribution is 2.40. The molecule has 2 aromatic rings. The van der Waals surface area contributed by atoms with Crippen molar-refractivity contribution >= 4 is 51.1 Å². The van der Waals surface area contributed by atoms with Crippen LogP contribution < -0.4 is 10.6 Å². The molecule has 392 valence electrons. The number of nitrogens with zero attached hydrogens (tertiary/aromatic N) is 3. The summed E-state index contributed by atoms with van der Waals surface area (Å²) < 4.78 is 44.3. The van der Waals surface area contributed by atoms with Crippen LogP contribution in [0.25, 0.3) is 10.9 Å². The van der Waals surface area contributed by atoms with Crippen LogP contribution in [0.2, 0.25) is 0 Å². The smallest absolute Gasteiger partial charge is 0.312 e. The van der Waals surface area contributed by atoms with Crippen molar-refractivity contribution in [2.75, 3.05) is 53.2 Å². The average molecular weight is 1090 g/mol. The number of aliphatic hydroxyl groups is 4. The number of nitrogens with one attached hydrogen (secondary N) is 2. The zero-order chi connectivity index (χ0) is 51.2. The van der Waals surface area contributed by atoms with Crippen LogP contribution in [0.5, 0.6) is 0 Å². The number of methoxy groups -OCH3 is 1. The largest absolute Gasteiger partial charge is 0.448 e. The summed E-state index contributed by atoms with van der Waals surface area (Å²) in [5.74, 6) is -2.70. The first-order valence-corrected chi connectivity index (χ1v) is 25.7. The Bertz CT molecular complexity index is 1960. The maximum absolute atomic E-state index is 14.4. The minimum absolute atomic E-state index is 0.0764. The first-order valence-electron chi connectivity index (χ1n) is 24.5. The Morgan fingerprint density at radius 2 is 1.72 bits per heavy atom. The average Bonchev–Trinajstić information content (AvgIpc) is 3.29. The maximum Gasteiger partial charge on any atom is 0.312 e. The van der Waals surface area contributed by atoms with E-state index in [4.69, 9.17) is 33.2 Å². The maximum atomic E-state index is 14.4. The molecule has 0 spiro atoms. The molecule has 0 bridgehead atoms. The molecule has 69 heavy (non-hydrogen) atoms. The topological polar surface area (TPSA) is 223 Å². The van der Waals surface area contributed by atoms with Gasteiger partial charge in [0.15, 0.2) is 16.7 Å². The number of carbonyl (C=O) groups excluding carboxylic acids is 2. The standard InChI is InChI=1S/C50H82IN5O13/c1-28(19-22-53-38(57)27-54-36-20-23-52-35-18-15-14-17-34(35)36)64-41-37(55(10)11)25-29(2)65-46(41)68-44-30(3)40(67-39-26-49(8,63-13)43(59)33(6)66-39)31(4)45(60)69-47(51)50(9,62)42(58)32(5)56(12)24-16-21-48(44,7)61/h14-15,17-18,20,23,28-33,37,39-44,46-47,58-59,61-62H,16,19,21-22,24-27H2,1-13H3,(H,52,54)(H,53,57)/t28?,29-,30+,31-,32-,33+,37+,39+,40+,41-,42-,43+,44-,46+,47+,48-,49-,50+/m1/s1. The normalized spacial score (nSPS) is 39.6. The minimum atomic E-state index is -1.84. The van der Waals surface area contributed by atoms with Crippen molar-refractivity contribution in [3.05, 3.63) is 36.5 Å². The van der Waals surface area contributed by atoms with E-state index < -0.39 is 94.0 Å². The zero-order valence-electron chi connectivity index (χ0n) is 43.0. The molecule has 3 aliphatic heterocycles. The predicted molar refractivity (Wildman–Crippen MR) is 270 cm³/mol. The Balaban J connectivity index is 1.43. The summed E-state index contributed by atoms with van der Waals surface area (Å²) in [5.41, 5.74) is -2.81. The number of alkyl halides is 1. The van der Waals surface area contributed by atoms with Crippen molar-refractivity contribution in [1.29, 1.82) is 0 Å². The summed E-state index contributed by atoms with van der Waals surface area (Å²) in [4.78, 5) is 35.8. The Morgan fingerprint density at radius 3 is 2.41 bits per heavy atom. The quantitative estimate of drug-likeness (QED) is 0.0886. The number of para-hydroxylation sites is 1. The summed E-state index contributed by atoms with van der Waals surface area (Å²) in [5, 5.41) is 54.2. The third kappa shape index (κ3) is 14.2. The molecule has 18 atom stereocenters. The molecule has 0 radical (unpaired) electrons. The molecule has 0 saturated carbocycles. The molecular weight excluding hydrogens is 1010 g/mol. The van der Waals surface area contributed by atoms with E-state index in [1.165, 1.54) is 14.0 Å². The number of hydrogen-bond acceptors (Lipinski definition) is 17. The number of rotatable bonds is 14. The van der Waals surface area contributed by atoms with Crippen LogP contribution in [0.1, 0.15) is 94.4 Å². The third-order valence-electron chi connectivity index (χ3n) is 14.8. The van der Waals surface area contributed by atoms with Gasteiger partial charge in [-0.25, -0.2) is 0 Å². The highest BCUT2D eigenvalue weighted by molar-refractivity contribution is 14.1. The number of fused-ring (bicyclic) bond motifs is 1. The molecule has 3 saturated heterocycles. The van der Waals surface area contributed by atoms with E-state index in [1.807, 2.05) is 99.7 Å². The number of ether oxygens (including phenoxy) is 7. The number of aromatic nitrogens is 1. The highest BCUT2D eigenvalue weighted by atomic mass is 127. The van der Waals surface area contributed by atoms with E-state index in [-0.39, 0.29) is 43.5 Å². The van der Waals surface area contributed by atoms with Gasteiger partial charge >= 0.3 is 5.97 Å². The molecule has 4 heterocycles. The molecule has 3 aliphatic rings. The lowest BCUT2D eigenvalue weighted by atomic mass is 9.79. The van der Waals surface area contributed by atoms with Gasteiger partial charge in [0, 0.05) is 55.3 Å². The number of likely N-dealkylation sites (N-methyl/N-ethyl adjacent to an activating group) is 2. The summed E-state index contributed by atoms with van der Waals surface area (Å²) >= 11 is 1.84. The van der Waals surface area contributed by atoms with Crippen LogP contribution in [-0.2, 0) is 42.7 Å². The lowest BCUT2D eigenvalue weighted by Gasteiger charge is -2.49. The van der Waals surface area contributed by atoms with Gasteiger partial charge < -0.3 is 74.0 Å². The molecular formula is C50H82IN5O13. The number of halogens is 1. The van der Waals surface area contributed by atoms with E-state index in [1.54, 1.807) is 40.8 Å². The Hall–Kier alpha value is -2.38. The number of cyclic esters (lactones) is 1. The predicted octanol–water partition coefficient (Wildman–Crippen LogP) is 4.22. The SMILES string of the molecule is CO[C@]1(C)C[C@H](O[C@H]2[C@H](C)[C@@H](O[C@@H]3O[C@H](C)C[C@H](N(C)C)[C@H]3OC(C)CCNC(=O)CNc3ccnc4ccccc34)[C@](C)(O)CCCN(C)[C@H](C)[C@@H](O)[C@](C)(O)[C@@H](I)OC(=O)[C@@H]2C)O[C@@H](C)[C@@H]1O. The molecule has 1 aromatic carbocycles. The first-order chi connectivity index (χ1) is 32.3. The molecule has 19 heteroatoms. The van der Waals surface area contributed by atoms with E-state index in [0.29, 0.717) is 32.4 Å². The second-order valence-electron chi connectivity index (χ2n) is 20.7. The van der Waals surface area contributed by atoms with Crippen molar-refractivity contribution < 1.29 is 63.2 Å². The lowest BCUT2D eigenvalue weighted by molar-refractivity contribution is -0.323. The van der Waals surface area contributed by atoms with Gasteiger partial charge in [-0.3, -0.25) is 14.6 Å². The molecule has 3 fully saturated rings. The number of benzene rings is 1. The van der Waals surface area contributed by atoms with E-state index >= 15 is 0 Å². The minimum Gasteiger partial charge on any atom is -0.448 e. The summed E-state index contributed by atoms with van der Waals surface area (Å²) in [6, 6.07) is 8.85. The van der Waals surface area contributed by atoms with Crippen LogP contribution >= 0.6 is 22.6 Å². The fraction of sp³-hybridized carbons (Fsp3) is 0.780. The molecule has 1 aromatic heterocycles. The van der Waals surface area contributed by atoms with Gasteiger partial charge in [-0.05, 0) is 143 Å². The summed E-state index contributed by atoms with van der Waals surface area (Å²) in [7, 11) is 7.29. The second-order valence-corrected chi connectivity index (χ2v) is 21.8. The van der Waals surface area contributed by atoms with Crippen molar-refractivity contribution in [3.8, 4) is 0 Å². The van der Waals surface area contributed by atoms with Crippen LogP contribution in [0, 0.1) is 11.8 Å². The number of anilines is 1.